The molecule has 1 unspecified atom stereocenters. The Bertz CT molecular complexity index is 1080. The predicted molar refractivity (Wildman–Crippen MR) is 130 cm³/mol. The Labute approximate surface area is 200 Å². The van der Waals surface area contributed by atoms with E-state index in [4.69, 9.17) is 14.2 Å². The number of carbonyl (C=O) groups is 2. The van der Waals surface area contributed by atoms with Crippen LogP contribution in [0, 0.1) is 0 Å². The second-order valence-corrected chi connectivity index (χ2v) is 9.28. The summed E-state index contributed by atoms with van der Waals surface area (Å²) < 4.78 is 15.8. The van der Waals surface area contributed by atoms with Gasteiger partial charge >= 0.3 is 0 Å². The normalized spacial score (nSPS) is 17.8. The van der Waals surface area contributed by atoms with Gasteiger partial charge in [0.15, 0.2) is 11.5 Å². The van der Waals surface area contributed by atoms with Crippen molar-refractivity contribution in [1.82, 2.24) is 4.90 Å². The summed E-state index contributed by atoms with van der Waals surface area (Å²) in [5, 5.41) is 11.3. The first-order valence-corrected chi connectivity index (χ1v) is 11.2. The lowest BCUT2D eigenvalue weighted by molar-refractivity contribution is -0.140. The first kappa shape index (κ1) is 25.3. The standard InChI is InChI=1S/C27H33NO6/c1-27(2,3)19-11-8-17(9-12-19)23-22(25(30)26(31)28(23)14-7-15-32-4)24(29)18-10-13-20(33-5)21(16-18)34-6/h8-13,16,23,29H,7,14-15H2,1-6H3/b24-22-. The molecule has 1 fully saturated rings. The van der Waals surface area contributed by atoms with Crippen molar-refractivity contribution in [2.24, 2.45) is 0 Å². The molecule has 1 amide bonds. The number of hydrogen-bond donors (Lipinski definition) is 1. The zero-order valence-electron chi connectivity index (χ0n) is 20.7. The fraction of sp³-hybridized carbons (Fsp3) is 0.407. The molecule has 2 aromatic carbocycles. The molecule has 0 radical (unpaired) electrons. The van der Waals surface area contributed by atoms with Crippen molar-refractivity contribution >= 4 is 17.4 Å². The van der Waals surface area contributed by atoms with E-state index in [2.05, 4.69) is 20.8 Å². The average Bonchev–Trinajstić information content (AvgIpc) is 3.07. The van der Waals surface area contributed by atoms with Gasteiger partial charge in [-0.25, -0.2) is 0 Å². The molecule has 3 rings (SSSR count). The Hall–Kier alpha value is -3.32. The van der Waals surface area contributed by atoms with Crippen molar-refractivity contribution in [1.29, 1.82) is 0 Å². The zero-order valence-corrected chi connectivity index (χ0v) is 20.7. The summed E-state index contributed by atoms with van der Waals surface area (Å²) in [6.07, 6.45) is 0.566. The number of ether oxygens (including phenoxy) is 3. The topological polar surface area (TPSA) is 85.3 Å². The van der Waals surface area contributed by atoms with E-state index in [1.807, 2.05) is 24.3 Å². The SMILES string of the molecule is COCCCN1C(=O)C(=O)/C(=C(\O)c2ccc(OC)c(OC)c2)C1c1ccc(C(C)(C)C)cc1. The van der Waals surface area contributed by atoms with Gasteiger partial charge in [-0.3, -0.25) is 9.59 Å². The summed E-state index contributed by atoms with van der Waals surface area (Å²) in [6, 6.07) is 12.0. The quantitative estimate of drug-likeness (QED) is 0.267. The van der Waals surface area contributed by atoms with E-state index in [1.165, 1.54) is 19.1 Å². The number of aliphatic hydroxyl groups is 1. The van der Waals surface area contributed by atoms with Gasteiger partial charge in [-0.2, -0.15) is 0 Å². The Morgan fingerprint density at radius 2 is 1.62 bits per heavy atom. The largest absolute Gasteiger partial charge is 0.507 e. The maximum atomic E-state index is 13.2. The molecule has 0 bridgehead atoms. The number of likely N-dealkylation sites (tertiary alicyclic amines) is 1. The van der Waals surface area contributed by atoms with Crippen LogP contribution in [-0.2, 0) is 19.7 Å². The van der Waals surface area contributed by atoms with Crippen LogP contribution >= 0.6 is 0 Å². The second kappa shape index (κ2) is 10.3. The minimum absolute atomic E-state index is 0.0432. The van der Waals surface area contributed by atoms with Crippen LogP contribution in [-0.4, -0.2) is 56.2 Å². The van der Waals surface area contributed by atoms with Gasteiger partial charge in [0.05, 0.1) is 25.8 Å². The van der Waals surface area contributed by atoms with Gasteiger partial charge in [-0.05, 0) is 41.2 Å². The number of methoxy groups -OCH3 is 3. The lowest BCUT2D eigenvalue weighted by atomic mass is 9.85. The molecule has 182 valence electrons. The highest BCUT2D eigenvalue weighted by Crippen LogP contribution is 2.41. The Balaban J connectivity index is 2.14. The third-order valence-electron chi connectivity index (χ3n) is 6.04. The summed E-state index contributed by atoms with van der Waals surface area (Å²) >= 11 is 0. The summed E-state index contributed by atoms with van der Waals surface area (Å²) in [4.78, 5) is 27.7. The molecule has 0 saturated carbocycles. The highest BCUT2D eigenvalue weighted by atomic mass is 16.5. The van der Waals surface area contributed by atoms with Crippen molar-refractivity contribution in [3.05, 3.63) is 64.7 Å². The van der Waals surface area contributed by atoms with Crippen LogP contribution in [0.3, 0.4) is 0 Å². The van der Waals surface area contributed by atoms with E-state index >= 15 is 0 Å². The van der Waals surface area contributed by atoms with Crippen LogP contribution in [0.15, 0.2) is 48.0 Å². The number of aliphatic hydroxyl groups excluding tert-OH is 1. The fourth-order valence-electron chi connectivity index (χ4n) is 4.14. The molecule has 1 atom stereocenters. The minimum Gasteiger partial charge on any atom is -0.507 e. The van der Waals surface area contributed by atoms with Crippen LogP contribution in [0.25, 0.3) is 5.76 Å². The minimum atomic E-state index is -0.713. The van der Waals surface area contributed by atoms with Gasteiger partial charge < -0.3 is 24.2 Å². The Kier molecular flexibility index (Phi) is 7.67. The smallest absolute Gasteiger partial charge is 0.295 e. The van der Waals surface area contributed by atoms with E-state index < -0.39 is 17.7 Å². The molecular formula is C27H33NO6. The lowest BCUT2D eigenvalue weighted by Crippen LogP contribution is -2.31. The number of amides is 1. The summed E-state index contributed by atoms with van der Waals surface area (Å²) in [7, 11) is 4.60. The lowest BCUT2D eigenvalue weighted by Gasteiger charge is -2.26. The van der Waals surface area contributed by atoms with Gasteiger partial charge in [0.2, 0.25) is 0 Å². The van der Waals surface area contributed by atoms with E-state index in [1.54, 1.807) is 25.3 Å². The molecule has 1 aliphatic rings. The third-order valence-corrected chi connectivity index (χ3v) is 6.04. The van der Waals surface area contributed by atoms with Gasteiger partial charge in [0.25, 0.3) is 11.7 Å². The third kappa shape index (κ3) is 4.94. The number of carbonyl (C=O) groups excluding carboxylic acids is 2. The molecule has 1 heterocycles. The molecule has 2 aromatic rings. The van der Waals surface area contributed by atoms with E-state index in [-0.39, 0.29) is 16.7 Å². The van der Waals surface area contributed by atoms with Crippen LogP contribution < -0.4 is 9.47 Å². The fourth-order valence-corrected chi connectivity index (χ4v) is 4.14. The van der Waals surface area contributed by atoms with Gasteiger partial charge in [0.1, 0.15) is 5.76 Å². The number of Topliss-reactive ketones (excluding diaryl/α,β-unsaturated/α-hetero) is 1. The van der Waals surface area contributed by atoms with E-state index in [0.717, 1.165) is 11.1 Å². The number of hydrogen-bond acceptors (Lipinski definition) is 6. The van der Waals surface area contributed by atoms with E-state index in [0.29, 0.717) is 36.6 Å². The zero-order chi connectivity index (χ0) is 25.0. The van der Waals surface area contributed by atoms with Crippen molar-refractivity contribution in [3.8, 4) is 11.5 Å². The summed E-state index contributed by atoms with van der Waals surface area (Å²) in [5.74, 6) is -0.698. The first-order chi connectivity index (χ1) is 16.1. The number of benzene rings is 2. The molecule has 34 heavy (non-hydrogen) atoms. The summed E-state index contributed by atoms with van der Waals surface area (Å²) in [5.41, 5.74) is 2.26. The van der Waals surface area contributed by atoms with Gasteiger partial charge in [-0.15, -0.1) is 0 Å². The first-order valence-electron chi connectivity index (χ1n) is 11.2. The Morgan fingerprint density at radius 1 is 0.971 bits per heavy atom. The van der Waals surface area contributed by atoms with E-state index in [9.17, 15) is 14.7 Å². The molecular weight excluding hydrogens is 434 g/mol. The molecule has 7 heteroatoms. The molecule has 1 N–H and O–H groups in total. The van der Waals surface area contributed by atoms with Crippen molar-refractivity contribution < 1.29 is 28.9 Å². The maximum Gasteiger partial charge on any atom is 0.295 e. The van der Waals surface area contributed by atoms with Crippen LogP contribution in [0.5, 0.6) is 11.5 Å². The van der Waals surface area contributed by atoms with Crippen molar-refractivity contribution in [2.45, 2.75) is 38.6 Å². The monoisotopic (exact) mass is 467 g/mol. The molecule has 0 aliphatic carbocycles. The highest BCUT2D eigenvalue weighted by molar-refractivity contribution is 6.46. The number of ketones is 1. The number of rotatable bonds is 8. The Morgan fingerprint density at radius 3 is 2.18 bits per heavy atom. The van der Waals surface area contributed by atoms with Crippen LogP contribution in [0.1, 0.15) is 49.9 Å². The van der Waals surface area contributed by atoms with Crippen molar-refractivity contribution in [3.63, 3.8) is 0 Å². The molecule has 7 nitrogen and oxygen atoms in total. The van der Waals surface area contributed by atoms with Crippen molar-refractivity contribution in [2.75, 3.05) is 34.5 Å². The van der Waals surface area contributed by atoms with Gasteiger partial charge in [0, 0.05) is 25.8 Å². The highest BCUT2D eigenvalue weighted by Gasteiger charge is 2.45. The molecule has 1 aliphatic heterocycles. The second-order valence-electron chi connectivity index (χ2n) is 9.28. The molecule has 1 saturated heterocycles. The number of nitrogens with zero attached hydrogens (tertiary/aromatic N) is 1. The van der Waals surface area contributed by atoms with Gasteiger partial charge in [-0.1, -0.05) is 45.0 Å². The van der Waals surface area contributed by atoms with Crippen LogP contribution in [0.2, 0.25) is 0 Å². The molecule has 0 aromatic heterocycles. The predicted octanol–water partition coefficient (Wildman–Crippen LogP) is 4.46. The average molecular weight is 468 g/mol. The molecule has 0 spiro atoms. The van der Waals surface area contributed by atoms with Crippen LogP contribution in [0.4, 0.5) is 0 Å². The maximum absolute atomic E-state index is 13.2. The summed E-state index contributed by atoms with van der Waals surface area (Å²) in [6.45, 7) is 7.14.